The van der Waals surface area contributed by atoms with Gasteiger partial charge in [-0.05, 0) is 42.7 Å². The summed E-state index contributed by atoms with van der Waals surface area (Å²) in [5.74, 6) is -0.637. The van der Waals surface area contributed by atoms with E-state index >= 15 is 0 Å². The number of carbonyl (C=O) groups excluding carboxylic acids is 2. The molecule has 132 valence electrons. The molecule has 3 N–H and O–H groups in total. The molecule has 0 saturated heterocycles. The smallest absolute Gasteiger partial charge is 0.251 e. The molecular formula is C20H24N2O3. The third-order valence-corrected chi connectivity index (χ3v) is 3.89. The van der Waals surface area contributed by atoms with Crippen LogP contribution < -0.4 is 10.6 Å². The van der Waals surface area contributed by atoms with Gasteiger partial charge in [-0.25, -0.2) is 0 Å². The molecule has 2 aromatic carbocycles. The summed E-state index contributed by atoms with van der Waals surface area (Å²) in [6.07, 6.45) is 0. The number of rotatable bonds is 6. The molecule has 2 aromatic rings. The normalized spacial score (nSPS) is 11.9. The molecule has 0 aromatic heterocycles. The number of aliphatic hydroxyl groups is 1. The summed E-state index contributed by atoms with van der Waals surface area (Å²) in [5, 5.41) is 14.8. The molecule has 5 heteroatoms. The average molecular weight is 340 g/mol. The lowest BCUT2D eigenvalue weighted by atomic mass is 10.0. The van der Waals surface area contributed by atoms with Gasteiger partial charge in [-0.2, -0.15) is 0 Å². The molecule has 0 radical (unpaired) electrons. The molecular weight excluding hydrogens is 316 g/mol. The molecule has 2 amide bonds. The first-order valence-corrected chi connectivity index (χ1v) is 8.29. The van der Waals surface area contributed by atoms with Crippen LogP contribution in [-0.4, -0.2) is 23.0 Å². The fraction of sp³-hybridized carbons (Fsp3) is 0.300. The van der Waals surface area contributed by atoms with Crippen LogP contribution in [0.25, 0.3) is 0 Å². The maximum atomic E-state index is 12.6. The molecule has 0 spiro atoms. The van der Waals surface area contributed by atoms with Gasteiger partial charge in [-0.1, -0.05) is 43.7 Å². The molecule has 2 rings (SSSR count). The van der Waals surface area contributed by atoms with Gasteiger partial charge >= 0.3 is 0 Å². The van der Waals surface area contributed by atoms with E-state index in [4.69, 9.17) is 0 Å². The highest BCUT2D eigenvalue weighted by molar-refractivity contribution is 6.01. The van der Waals surface area contributed by atoms with Crippen LogP contribution in [0.15, 0.2) is 48.5 Å². The number of carbonyl (C=O) groups is 2. The number of amides is 2. The van der Waals surface area contributed by atoms with Crippen LogP contribution in [0.5, 0.6) is 0 Å². The second-order valence-electron chi connectivity index (χ2n) is 6.41. The van der Waals surface area contributed by atoms with Crippen molar-refractivity contribution >= 4 is 17.5 Å². The van der Waals surface area contributed by atoms with Gasteiger partial charge in [-0.15, -0.1) is 0 Å². The topological polar surface area (TPSA) is 78.4 Å². The van der Waals surface area contributed by atoms with E-state index in [1.165, 1.54) is 0 Å². The molecule has 0 fully saturated rings. The Morgan fingerprint density at radius 3 is 2.44 bits per heavy atom. The summed E-state index contributed by atoms with van der Waals surface area (Å²) in [7, 11) is 0. The van der Waals surface area contributed by atoms with Crippen LogP contribution >= 0.6 is 0 Å². The number of benzene rings is 2. The van der Waals surface area contributed by atoms with Crippen LogP contribution in [0.1, 0.15) is 35.3 Å². The van der Waals surface area contributed by atoms with Crippen LogP contribution in [0, 0.1) is 12.8 Å². The van der Waals surface area contributed by atoms with Gasteiger partial charge in [-0.3, -0.25) is 9.59 Å². The number of aryl methyl sites for hydroxylation is 1. The minimum absolute atomic E-state index is 0.0743. The van der Waals surface area contributed by atoms with E-state index in [0.717, 1.165) is 5.56 Å². The molecule has 0 heterocycles. The van der Waals surface area contributed by atoms with Gasteiger partial charge in [0.05, 0.1) is 6.61 Å². The van der Waals surface area contributed by atoms with Crippen LogP contribution in [0.4, 0.5) is 5.69 Å². The first-order valence-electron chi connectivity index (χ1n) is 8.29. The van der Waals surface area contributed by atoms with Crippen molar-refractivity contribution in [3.8, 4) is 0 Å². The average Bonchev–Trinajstić information content (AvgIpc) is 2.59. The second-order valence-corrected chi connectivity index (χ2v) is 6.41. The Bertz CT molecular complexity index is 756. The Kier molecular flexibility index (Phi) is 6.31. The summed E-state index contributed by atoms with van der Waals surface area (Å²) in [6.45, 7) is 5.58. The third-order valence-electron chi connectivity index (χ3n) is 3.89. The largest absolute Gasteiger partial charge is 0.392 e. The maximum Gasteiger partial charge on any atom is 0.251 e. The highest BCUT2D eigenvalue weighted by Gasteiger charge is 2.24. The Morgan fingerprint density at radius 1 is 1.08 bits per heavy atom. The summed E-state index contributed by atoms with van der Waals surface area (Å²) in [4.78, 5) is 25.0. The first-order chi connectivity index (χ1) is 11.9. The zero-order valence-corrected chi connectivity index (χ0v) is 14.7. The van der Waals surface area contributed by atoms with Crippen molar-refractivity contribution in [3.63, 3.8) is 0 Å². The Hall–Kier alpha value is -2.66. The monoisotopic (exact) mass is 340 g/mol. The summed E-state index contributed by atoms with van der Waals surface area (Å²) in [5.41, 5.74) is 2.81. The Labute approximate surface area is 148 Å². The third kappa shape index (κ3) is 5.16. The Balaban J connectivity index is 2.11. The van der Waals surface area contributed by atoms with E-state index in [9.17, 15) is 14.7 Å². The number of anilines is 1. The zero-order valence-electron chi connectivity index (χ0n) is 14.7. The van der Waals surface area contributed by atoms with E-state index in [1.807, 2.05) is 32.9 Å². The van der Waals surface area contributed by atoms with Gasteiger partial charge in [0.2, 0.25) is 5.91 Å². The summed E-state index contributed by atoms with van der Waals surface area (Å²) in [6, 6.07) is 13.6. The van der Waals surface area contributed by atoms with Gasteiger partial charge in [0.25, 0.3) is 5.91 Å². The summed E-state index contributed by atoms with van der Waals surface area (Å²) < 4.78 is 0. The predicted molar refractivity (Wildman–Crippen MR) is 98.3 cm³/mol. The van der Waals surface area contributed by atoms with Crippen LogP contribution in [0.3, 0.4) is 0 Å². The van der Waals surface area contributed by atoms with Crippen molar-refractivity contribution in [2.24, 2.45) is 5.92 Å². The van der Waals surface area contributed by atoms with E-state index in [0.29, 0.717) is 16.8 Å². The van der Waals surface area contributed by atoms with Gasteiger partial charge in [0.15, 0.2) is 0 Å². The highest BCUT2D eigenvalue weighted by Crippen LogP contribution is 2.13. The Morgan fingerprint density at radius 2 is 1.80 bits per heavy atom. The second kappa shape index (κ2) is 8.44. The fourth-order valence-corrected chi connectivity index (χ4v) is 2.51. The van der Waals surface area contributed by atoms with E-state index in [2.05, 4.69) is 10.6 Å². The number of hydrogen-bond acceptors (Lipinski definition) is 3. The maximum absolute atomic E-state index is 12.6. The minimum Gasteiger partial charge on any atom is -0.392 e. The number of aliphatic hydroxyl groups excluding tert-OH is 1. The quantitative estimate of drug-likeness (QED) is 0.756. The van der Waals surface area contributed by atoms with E-state index in [-0.39, 0.29) is 24.3 Å². The molecule has 0 aliphatic heterocycles. The fourth-order valence-electron chi connectivity index (χ4n) is 2.51. The molecule has 0 bridgehead atoms. The van der Waals surface area contributed by atoms with Gasteiger partial charge in [0.1, 0.15) is 6.04 Å². The van der Waals surface area contributed by atoms with Crippen LogP contribution in [0.2, 0.25) is 0 Å². The lowest BCUT2D eigenvalue weighted by Gasteiger charge is -2.22. The minimum atomic E-state index is -0.661. The first kappa shape index (κ1) is 18.7. The molecule has 0 saturated carbocycles. The van der Waals surface area contributed by atoms with Gasteiger partial charge < -0.3 is 15.7 Å². The van der Waals surface area contributed by atoms with E-state index < -0.39 is 6.04 Å². The molecule has 0 aliphatic carbocycles. The molecule has 1 unspecified atom stereocenters. The lowest BCUT2D eigenvalue weighted by Crippen LogP contribution is -2.47. The van der Waals surface area contributed by atoms with Crippen molar-refractivity contribution in [2.75, 3.05) is 5.32 Å². The molecule has 25 heavy (non-hydrogen) atoms. The molecule has 5 nitrogen and oxygen atoms in total. The highest BCUT2D eigenvalue weighted by atomic mass is 16.3. The van der Waals surface area contributed by atoms with Crippen LogP contribution in [-0.2, 0) is 11.4 Å². The van der Waals surface area contributed by atoms with Crippen molar-refractivity contribution in [1.82, 2.24) is 5.32 Å². The van der Waals surface area contributed by atoms with Crippen molar-refractivity contribution in [2.45, 2.75) is 33.4 Å². The van der Waals surface area contributed by atoms with Crippen molar-refractivity contribution in [1.29, 1.82) is 0 Å². The van der Waals surface area contributed by atoms with E-state index in [1.54, 1.807) is 36.4 Å². The lowest BCUT2D eigenvalue weighted by molar-refractivity contribution is -0.118. The zero-order chi connectivity index (χ0) is 18.4. The SMILES string of the molecule is Cc1cccc(C(=O)NC(C(=O)Nc2cccc(CO)c2)C(C)C)c1. The van der Waals surface area contributed by atoms with Crippen molar-refractivity contribution < 1.29 is 14.7 Å². The van der Waals surface area contributed by atoms with Gasteiger partial charge in [0, 0.05) is 11.3 Å². The molecule has 0 aliphatic rings. The number of hydrogen-bond donors (Lipinski definition) is 3. The standard InChI is InChI=1S/C20H24N2O3/c1-13(2)18(22-19(24)16-8-4-6-14(3)10-16)20(25)21-17-9-5-7-15(11-17)12-23/h4-11,13,18,23H,12H2,1-3H3,(H,21,25)(H,22,24). The number of nitrogens with one attached hydrogen (secondary N) is 2. The van der Waals surface area contributed by atoms with Crippen molar-refractivity contribution in [3.05, 3.63) is 65.2 Å². The predicted octanol–water partition coefficient (Wildman–Crippen LogP) is 2.88. The molecule has 1 atom stereocenters. The summed E-state index contributed by atoms with van der Waals surface area (Å²) >= 11 is 0.